The second-order valence-electron chi connectivity index (χ2n) is 8.12. The second-order valence-corrected chi connectivity index (χ2v) is 8.12. The fraction of sp³-hybridized carbons (Fsp3) is 0.458. The minimum atomic E-state index is 0. The van der Waals surface area contributed by atoms with Gasteiger partial charge in [-0.05, 0) is 56.1 Å². The highest BCUT2D eigenvalue weighted by molar-refractivity contribution is 14.0. The molecule has 33 heavy (non-hydrogen) atoms. The number of hydrogen-bond acceptors (Lipinski definition) is 5. The van der Waals surface area contributed by atoms with Crippen molar-refractivity contribution in [2.24, 2.45) is 4.99 Å². The summed E-state index contributed by atoms with van der Waals surface area (Å²) in [7, 11) is 0. The maximum atomic E-state index is 5.77. The molecule has 0 radical (unpaired) electrons. The van der Waals surface area contributed by atoms with Crippen LogP contribution in [0.3, 0.4) is 0 Å². The summed E-state index contributed by atoms with van der Waals surface area (Å²) in [4.78, 5) is 11.4. The normalized spacial score (nSPS) is 15.6. The van der Waals surface area contributed by atoms with E-state index in [9.17, 15) is 0 Å². The van der Waals surface area contributed by atoms with Gasteiger partial charge in [-0.25, -0.2) is 14.7 Å². The van der Waals surface area contributed by atoms with E-state index in [4.69, 9.17) is 9.41 Å². The van der Waals surface area contributed by atoms with E-state index in [1.54, 1.807) is 18.9 Å². The van der Waals surface area contributed by atoms with E-state index in [0.717, 1.165) is 37.9 Å². The topological polar surface area (TPSA) is 83.5 Å². The van der Waals surface area contributed by atoms with Gasteiger partial charge in [0, 0.05) is 13.1 Å². The first kappa shape index (κ1) is 25.2. The van der Waals surface area contributed by atoms with Crippen LogP contribution in [0.4, 0.5) is 0 Å². The molecular formula is C24H34IN7O. The van der Waals surface area contributed by atoms with Gasteiger partial charge in [-0.3, -0.25) is 4.90 Å². The smallest absolute Gasteiger partial charge is 0.191 e. The molecule has 0 amide bonds. The number of nitrogens with one attached hydrogen (secondary N) is 2. The Bertz CT molecular complexity index is 953. The molecule has 1 aliphatic rings. The zero-order valence-corrected chi connectivity index (χ0v) is 21.5. The number of likely N-dealkylation sites (tertiary alicyclic amines) is 1. The van der Waals surface area contributed by atoms with Gasteiger partial charge in [0.25, 0.3) is 0 Å². The fourth-order valence-corrected chi connectivity index (χ4v) is 4.15. The van der Waals surface area contributed by atoms with Crippen molar-refractivity contribution < 1.29 is 4.42 Å². The molecule has 0 aliphatic carbocycles. The predicted molar refractivity (Wildman–Crippen MR) is 141 cm³/mol. The van der Waals surface area contributed by atoms with Crippen LogP contribution in [0, 0.1) is 0 Å². The van der Waals surface area contributed by atoms with Crippen molar-refractivity contribution in [3.8, 4) is 0 Å². The van der Waals surface area contributed by atoms with Crippen molar-refractivity contribution in [1.29, 1.82) is 0 Å². The number of rotatable bonds is 9. The predicted octanol–water partition coefficient (Wildman–Crippen LogP) is 3.82. The third kappa shape index (κ3) is 7.56. The van der Waals surface area contributed by atoms with Crippen LogP contribution in [0.15, 0.2) is 64.7 Å². The van der Waals surface area contributed by atoms with Gasteiger partial charge in [0.05, 0.1) is 25.4 Å². The first-order chi connectivity index (χ1) is 15.8. The van der Waals surface area contributed by atoms with E-state index in [1.807, 2.05) is 10.7 Å². The van der Waals surface area contributed by atoms with Crippen LogP contribution in [-0.4, -0.2) is 51.8 Å². The second kappa shape index (κ2) is 13.3. The van der Waals surface area contributed by atoms with Gasteiger partial charge in [-0.1, -0.05) is 30.7 Å². The van der Waals surface area contributed by atoms with Gasteiger partial charge in [0.1, 0.15) is 18.4 Å². The summed E-state index contributed by atoms with van der Waals surface area (Å²) >= 11 is 0. The Kier molecular flexibility index (Phi) is 10.2. The minimum Gasteiger partial charge on any atom is -0.468 e. The van der Waals surface area contributed by atoms with Crippen LogP contribution in [-0.2, 0) is 13.1 Å². The third-order valence-electron chi connectivity index (χ3n) is 5.73. The standard InChI is InChI=1S/C24H33N7O.HI/c1-2-26-24(27-15-20-8-6-9-21(14-20)17-31-19-25-18-29-31)28-16-22(23-10-7-13-32-23)30-11-4-3-5-12-30;/h6-10,13-14,18-19,22H,2-5,11-12,15-17H2,1H3,(H2,26,27,28);1H. The summed E-state index contributed by atoms with van der Waals surface area (Å²) in [6, 6.07) is 12.7. The van der Waals surface area contributed by atoms with E-state index < -0.39 is 0 Å². The van der Waals surface area contributed by atoms with Crippen LogP contribution >= 0.6 is 24.0 Å². The number of halogens is 1. The maximum absolute atomic E-state index is 5.77. The van der Waals surface area contributed by atoms with Gasteiger partial charge in [0.2, 0.25) is 0 Å². The molecular weight excluding hydrogens is 529 g/mol. The Morgan fingerprint density at radius 2 is 1.97 bits per heavy atom. The lowest BCUT2D eigenvalue weighted by Crippen LogP contribution is -2.44. The Labute approximate surface area is 212 Å². The Balaban J connectivity index is 0.00000306. The number of aromatic nitrogens is 3. The van der Waals surface area contributed by atoms with Crippen LogP contribution < -0.4 is 10.6 Å². The lowest BCUT2D eigenvalue weighted by atomic mass is 10.1. The highest BCUT2D eigenvalue weighted by Gasteiger charge is 2.24. The molecule has 1 aromatic carbocycles. The first-order valence-corrected chi connectivity index (χ1v) is 11.5. The molecule has 178 valence electrons. The van der Waals surface area contributed by atoms with Crippen LogP contribution in [0.1, 0.15) is 49.1 Å². The molecule has 2 aromatic heterocycles. The number of aliphatic imine (C=N–C) groups is 1. The first-order valence-electron chi connectivity index (χ1n) is 11.5. The number of benzene rings is 1. The van der Waals surface area contributed by atoms with Crippen molar-refractivity contribution in [2.75, 3.05) is 26.2 Å². The Hall–Kier alpha value is -2.40. The number of furan rings is 1. The molecule has 1 atom stereocenters. The van der Waals surface area contributed by atoms with Gasteiger partial charge in [-0.2, -0.15) is 5.10 Å². The third-order valence-corrected chi connectivity index (χ3v) is 5.73. The average molecular weight is 563 g/mol. The fourth-order valence-electron chi connectivity index (χ4n) is 4.15. The molecule has 3 aromatic rings. The van der Waals surface area contributed by atoms with Crippen molar-refractivity contribution in [3.05, 3.63) is 72.2 Å². The largest absolute Gasteiger partial charge is 0.468 e. The van der Waals surface area contributed by atoms with E-state index in [2.05, 4.69) is 62.9 Å². The zero-order chi connectivity index (χ0) is 22.0. The molecule has 1 fully saturated rings. The average Bonchev–Trinajstić information content (AvgIpc) is 3.53. The summed E-state index contributed by atoms with van der Waals surface area (Å²) < 4.78 is 7.60. The quantitative estimate of drug-likeness (QED) is 0.234. The number of nitrogens with zero attached hydrogens (tertiary/aromatic N) is 5. The van der Waals surface area contributed by atoms with Crippen molar-refractivity contribution in [2.45, 2.75) is 45.3 Å². The summed E-state index contributed by atoms with van der Waals surface area (Å²) in [6.07, 6.45) is 8.86. The van der Waals surface area contributed by atoms with Crippen LogP contribution in [0.5, 0.6) is 0 Å². The molecule has 2 N–H and O–H groups in total. The lowest BCUT2D eigenvalue weighted by molar-refractivity contribution is 0.146. The van der Waals surface area contributed by atoms with Crippen molar-refractivity contribution in [1.82, 2.24) is 30.3 Å². The zero-order valence-electron chi connectivity index (χ0n) is 19.2. The van der Waals surface area contributed by atoms with E-state index in [1.165, 1.54) is 30.4 Å². The minimum absolute atomic E-state index is 0. The molecule has 1 unspecified atom stereocenters. The lowest BCUT2D eigenvalue weighted by Gasteiger charge is -2.33. The molecule has 0 saturated carbocycles. The van der Waals surface area contributed by atoms with Gasteiger partial charge in [0.15, 0.2) is 5.96 Å². The van der Waals surface area contributed by atoms with E-state index in [0.29, 0.717) is 13.1 Å². The molecule has 9 heteroatoms. The molecule has 1 aliphatic heterocycles. The van der Waals surface area contributed by atoms with Gasteiger partial charge < -0.3 is 15.1 Å². The summed E-state index contributed by atoms with van der Waals surface area (Å²) in [5, 5.41) is 11.1. The van der Waals surface area contributed by atoms with Crippen LogP contribution in [0.25, 0.3) is 0 Å². The highest BCUT2D eigenvalue weighted by Crippen LogP contribution is 2.24. The summed E-state index contributed by atoms with van der Waals surface area (Å²) in [5.41, 5.74) is 2.35. The summed E-state index contributed by atoms with van der Waals surface area (Å²) in [6.45, 7) is 7.19. The molecule has 0 bridgehead atoms. The number of hydrogen-bond donors (Lipinski definition) is 2. The Morgan fingerprint density at radius 3 is 2.70 bits per heavy atom. The van der Waals surface area contributed by atoms with Crippen molar-refractivity contribution in [3.63, 3.8) is 0 Å². The maximum Gasteiger partial charge on any atom is 0.191 e. The molecule has 8 nitrogen and oxygen atoms in total. The number of guanidine groups is 1. The monoisotopic (exact) mass is 563 g/mol. The Morgan fingerprint density at radius 1 is 1.12 bits per heavy atom. The van der Waals surface area contributed by atoms with Crippen LogP contribution in [0.2, 0.25) is 0 Å². The van der Waals surface area contributed by atoms with Gasteiger partial charge in [-0.15, -0.1) is 24.0 Å². The number of piperidine rings is 1. The highest BCUT2D eigenvalue weighted by atomic mass is 127. The summed E-state index contributed by atoms with van der Waals surface area (Å²) in [5.74, 6) is 1.83. The SMILES string of the molecule is CCNC(=NCc1cccc(Cn2cncn2)c1)NCC(c1ccco1)N1CCCCC1.I. The molecule has 3 heterocycles. The van der Waals surface area contributed by atoms with Crippen molar-refractivity contribution >= 4 is 29.9 Å². The molecule has 4 rings (SSSR count). The van der Waals surface area contributed by atoms with E-state index in [-0.39, 0.29) is 30.0 Å². The molecule has 1 saturated heterocycles. The van der Waals surface area contributed by atoms with Gasteiger partial charge >= 0.3 is 0 Å². The van der Waals surface area contributed by atoms with E-state index >= 15 is 0 Å². The molecule has 0 spiro atoms.